The molecule has 0 aromatic heterocycles. The normalized spacial score (nSPS) is 27.5. The molecule has 0 aromatic carbocycles. The first-order valence-corrected chi connectivity index (χ1v) is 6.75. The second kappa shape index (κ2) is 4.68. The summed E-state index contributed by atoms with van der Waals surface area (Å²) in [7, 11) is -3.59. The van der Waals surface area contributed by atoms with E-state index in [1.807, 2.05) is 0 Å². The highest BCUT2D eigenvalue weighted by Gasteiger charge is 2.42. The first-order chi connectivity index (χ1) is 7.24. The molecule has 1 heterocycles. The molecule has 0 radical (unpaired) electrons. The zero-order valence-electron chi connectivity index (χ0n) is 9.33. The summed E-state index contributed by atoms with van der Waals surface area (Å²) in [6.45, 7) is 3.38. The third-order valence-corrected chi connectivity index (χ3v) is 4.63. The molecule has 1 aliphatic rings. The number of carbonyl (C=O) groups is 1. The number of hydrogen-bond acceptors (Lipinski definition) is 4. The molecule has 1 fully saturated rings. The standard InChI is InChI=1S/C9H17NO5S/c1-6(2)5-16(14,15)10-4-7(11)3-8(10)9(12)13/h6-8,11H,3-5H2,1-2H3,(H,12,13)/t7-,8+/m1/s1. The van der Waals surface area contributed by atoms with Gasteiger partial charge in [-0.2, -0.15) is 4.31 Å². The van der Waals surface area contributed by atoms with E-state index in [4.69, 9.17) is 5.11 Å². The highest BCUT2D eigenvalue weighted by molar-refractivity contribution is 7.89. The summed E-state index contributed by atoms with van der Waals surface area (Å²) in [6, 6.07) is -1.13. The molecule has 0 spiro atoms. The van der Waals surface area contributed by atoms with Gasteiger partial charge in [-0.15, -0.1) is 0 Å². The van der Waals surface area contributed by atoms with E-state index in [1.54, 1.807) is 13.8 Å². The van der Waals surface area contributed by atoms with E-state index in [0.29, 0.717) is 0 Å². The molecule has 0 bridgehead atoms. The van der Waals surface area contributed by atoms with E-state index < -0.39 is 28.1 Å². The Morgan fingerprint density at radius 2 is 2.06 bits per heavy atom. The fraction of sp³-hybridized carbons (Fsp3) is 0.889. The molecule has 2 atom stereocenters. The molecule has 0 saturated carbocycles. The quantitative estimate of drug-likeness (QED) is 0.702. The van der Waals surface area contributed by atoms with E-state index in [1.165, 1.54) is 0 Å². The molecule has 0 amide bonds. The summed E-state index contributed by atoms with van der Waals surface area (Å²) in [5.41, 5.74) is 0. The molecule has 0 unspecified atom stereocenters. The third-order valence-electron chi connectivity index (χ3n) is 2.42. The van der Waals surface area contributed by atoms with Gasteiger partial charge in [-0.05, 0) is 5.92 Å². The van der Waals surface area contributed by atoms with Gasteiger partial charge >= 0.3 is 5.97 Å². The molecule has 0 aromatic rings. The Morgan fingerprint density at radius 3 is 2.50 bits per heavy atom. The summed E-state index contributed by atoms with van der Waals surface area (Å²) < 4.78 is 24.6. The largest absolute Gasteiger partial charge is 0.480 e. The number of aliphatic carboxylic acids is 1. The number of nitrogens with zero attached hydrogens (tertiary/aromatic N) is 1. The van der Waals surface area contributed by atoms with Crippen molar-refractivity contribution < 1.29 is 23.4 Å². The first kappa shape index (κ1) is 13.4. The summed E-state index contributed by atoms with van der Waals surface area (Å²) in [5.74, 6) is -1.37. The fourth-order valence-electron chi connectivity index (χ4n) is 1.83. The van der Waals surface area contributed by atoms with Gasteiger partial charge in [0.1, 0.15) is 6.04 Å². The lowest BCUT2D eigenvalue weighted by Gasteiger charge is -2.21. The maximum atomic E-state index is 11.9. The summed E-state index contributed by atoms with van der Waals surface area (Å²) in [4.78, 5) is 10.9. The first-order valence-electron chi connectivity index (χ1n) is 5.14. The molecule has 1 saturated heterocycles. The van der Waals surface area contributed by atoms with Crippen LogP contribution >= 0.6 is 0 Å². The summed E-state index contributed by atoms with van der Waals surface area (Å²) >= 11 is 0. The number of rotatable bonds is 4. The van der Waals surface area contributed by atoms with Crippen molar-refractivity contribution in [1.82, 2.24) is 4.31 Å². The van der Waals surface area contributed by atoms with Crippen LogP contribution in [0.3, 0.4) is 0 Å². The van der Waals surface area contributed by atoms with Gasteiger partial charge in [-0.1, -0.05) is 13.8 Å². The van der Waals surface area contributed by atoms with Crippen molar-refractivity contribution in [1.29, 1.82) is 0 Å². The molecule has 16 heavy (non-hydrogen) atoms. The average molecular weight is 251 g/mol. The smallest absolute Gasteiger partial charge is 0.322 e. The van der Waals surface area contributed by atoms with Crippen LogP contribution in [0.5, 0.6) is 0 Å². The average Bonchev–Trinajstić information content (AvgIpc) is 2.45. The molecular weight excluding hydrogens is 234 g/mol. The van der Waals surface area contributed by atoms with Crippen LogP contribution in [0.1, 0.15) is 20.3 Å². The number of β-amino-alcohol motifs (C(OH)–C–C–N with tert-alkyl or cyclic N) is 1. The Kier molecular flexibility index (Phi) is 3.92. The van der Waals surface area contributed by atoms with Crippen LogP contribution in [-0.4, -0.2) is 53.3 Å². The van der Waals surface area contributed by atoms with Crippen molar-refractivity contribution in [3.63, 3.8) is 0 Å². The Balaban J connectivity index is 2.89. The van der Waals surface area contributed by atoms with Gasteiger partial charge in [0.05, 0.1) is 11.9 Å². The minimum absolute atomic E-state index is 0.0351. The lowest BCUT2D eigenvalue weighted by atomic mass is 10.2. The molecule has 1 aliphatic heterocycles. The van der Waals surface area contributed by atoms with E-state index in [-0.39, 0.29) is 24.6 Å². The van der Waals surface area contributed by atoms with Gasteiger partial charge in [0, 0.05) is 13.0 Å². The predicted molar refractivity (Wildman–Crippen MR) is 57.4 cm³/mol. The van der Waals surface area contributed by atoms with Crippen LogP contribution in [-0.2, 0) is 14.8 Å². The zero-order valence-corrected chi connectivity index (χ0v) is 10.1. The molecule has 94 valence electrons. The maximum Gasteiger partial charge on any atom is 0.322 e. The number of aliphatic hydroxyl groups is 1. The van der Waals surface area contributed by atoms with Crippen LogP contribution in [0.25, 0.3) is 0 Å². The molecule has 0 aliphatic carbocycles. The predicted octanol–water partition coefficient (Wildman–Crippen LogP) is -0.508. The van der Waals surface area contributed by atoms with Gasteiger partial charge in [-0.3, -0.25) is 4.79 Å². The number of carboxylic acids is 1. The number of hydrogen-bond donors (Lipinski definition) is 2. The monoisotopic (exact) mass is 251 g/mol. The summed E-state index contributed by atoms with van der Waals surface area (Å²) in [5, 5.41) is 18.2. The van der Waals surface area contributed by atoms with Crippen molar-refractivity contribution in [2.45, 2.75) is 32.4 Å². The number of aliphatic hydroxyl groups excluding tert-OH is 1. The Labute approximate surface area is 94.9 Å². The van der Waals surface area contributed by atoms with Crippen molar-refractivity contribution in [2.75, 3.05) is 12.3 Å². The van der Waals surface area contributed by atoms with Gasteiger partial charge in [0.15, 0.2) is 0 Å². The zero-order chi connectivity index (χ0) is 12.5. The highest BCUT2D eigenvalue weighted by Crippen LogP contribution is 2.23. The van der Waals surface area contributed by atoms with Gasteiger partial charge < -0.3 is 10.2 Å². The highest BCUT2D eigenvalue weighted by atomic mass is 32.2. The van der Waals surface area contributed by atoms with E-state index >= 15 is 0 Å². The van der Waals surface area contributed by atoms with Crippen LogP contribution < -0.4 is 0 Å². The van der Waals surface area contributed by atoms with Crippen molar-refractivity contribution >= 4 is 16.0 Å². The minimum atomic E-state index is -3.59. The van der Waals surface area contributed by atoms with Crippen molar-refractivity contribution in [3.8, 4) is 0 Å². The van der Waals surface area contributed by atoms with E-state index in [0.717, 1.165) is 4.31 Å². The molecule has 7 heteroatoms. The molecule has 1 rings (SSSR count). The second-order valence-electron chi connectivity index (χ2n) is 4.49. The lowest BCUT2D eigenvalue weighted by molar-refractivity contribution is -0.140. The van der Waals surface area contributed by atoms with Gasteiger partial charge in [0.2, 0.25) is 10.0 Å². The Morgan fingerprint density at radius 1 is 1.50 bits per heavy atom. The van der Waals surface area contributed by atoms with Gasteiger partial charge in [0.25, 0.3) is 0 Å². The van der Waals surface area contributed by atoms with Crippen LogP contribution in [0.2, 0.25) is 0 Å². The van der Waals surface area contributed by atoms with Crippen LogP contribution in [0.4, 0.5) is 0 Å². The summed E-state index contributed by atoms with van der Waals surface area (Å²) in [6.07, 6.45) is -0.921. The maximum absolute atomic E-state index is 11.9. The van der Waals surface area contributed by atoms with Crippen LogP contribution in [0, 0.1) is 5.92 Å². The SMILES string of the molecule is CC(C)CS(=O)(=O)N1C[C@H](O)C[C@H]1C(=O)O. The minimum Gasteiger partial charge on any atom is -0.480 e. The Bertz CT molecular complexity index is 364. The van der Waals surface area contributed by atoms with Gasteiger partial charge in [-0.25, -0.2) is 8.42 Å². The second-order valence-corrected chi connectivity index (χ2v) is 6.45. The molecule has 6 nitrogen and oxygen atoms in total. The third kappa shape index (κ3) is 2.93. The Hall–Kier alpha value is -0.660. The lowest BCUT2D eigenvalue weighted by Crippen LogP contribution is -2.42. The molecule has 2 N–H and O–H groups in total. The van der Waals surface area contributed by atoms with Crippen LogP contribution in [0.15, 0.2) is 0 Å². The van der Waals surface area contributed by atoms with E-state index in [2.05, 4.69) is 0 Å². The molecular formula is C9H17NO5S. The number of carboxylic acid groups (broad SMARTS) is 1. The number of sulfonamides is 1. The van der Waals surface area contributed by atoms with Crippen molar-refractivity contribution in [2.24, 2.45) is 5.92 Å². The fourth-order valence-corrected chi connectivity index (χ4v) is 3.83. The van der Waals surface area contributed by atoms with E-state index in [9.17, 15) is 18.3 Å². The topological polar surface area (TPSA) is 94.9 Å². The van der Waals surface area contributed by atoms with Crippen molar-refractivity contribution in [3.05, 3.63) is 0 Å².